The summed E-state index contributed by atoms with van der Waals surface area (Å²) >= 11 is 0. The maximum absolute atomic E-state index is 13.3. The van der Waals surface area contributed by atoms with Crippen LogP contribution in [0.1, 0.15) is 31.9 Å². The third-order valence-electron chi connectivity index (χ3n) is 3.53. The van der Waals surface area contributed by atoms with E-state index in [1.54, 1.807) is 0 Å². The summed E-state index contributed by atoms with van der Waals surface area (Å²) in [5.41, 5.74) is 0.664. The Bertz CT molecular complexity index is 391. The highest BCUT2D eigenvalue weighted by Crippen LogP contribution is 2.33. The number of halogens is 2. The average molecular weight is 255 g/mol. The van der Waals surface area contributed by atoms with E-state index in [0.29, 0.717) is 12.2 Å². The normalized spacial score (nSPS) is 25.3. The molecule has 0 bridgehead atoms. The summed E-state index contributed by atoms with van der Waals surface area (Å²) in [4.78, 5) is 0. The molecular formula is C14H19F2NO. The number of benzene rings is 1. The van der Waals surface area contributed by atoms with Gasteiger partial charge in [-0.25, -0.2) is 8.78 Å². The molecule has 1 aromatic rings. The van der Waals surface area contributed by atoms with Crippen molar-refractivity contribution >= 4 is 0 Å². The van der Waals surface area contributed by atoms with Crippen molar-refractivity contribution < 1.29 is 13.5 Å². The lowest BCUT2D eigenvalue weighted by Gasteiger charge is -2.27. The van der Waals surface area contributed by atoms with Gasteiger partial charge in [0.1, 0.15) is 11.6 Å². The van der Waals surface area contributed by atoms with E-state index in [9.17, 15) is 8.78 Å². The Labute approximate surface area is 106 Å². The van der Waals surface area contributed by atoms with Crippen molar-refractivity contribution in [2.45, 2.75) is 32.4 Å². The molecule has 2 nitrogen and oxygen atoms in total. The minimum Gasteiger partial charge on any atom is -0.378 e. The van der Waals surface area contributed by atoms with Crippen LogP contribution in [-0.4, -0.2) is 19.3 Å². The SMILES string of the molecule is CCNC(c1cc(F)cc(F)c1)C1CCOC1C. The molecule has 18 heavy (non-hydrogen) atoms. The van der Waals surface area contributed by atoms with Gasteiger partial charge in [-0.1, -0.05) is 6.92 Å². The molecule has 1 aromatic carbocycles. The minimum atomic E-state index is -0.528. The van der Waals surface area contributed by atoms with Crippen LogP contribution in [0.4, 0.5) is 8.78 Å². The minimum absolute atomic E-state index is 0.0577. The fourth-order valence-electron chi connectivity index (χ4n) is 2.68. The maximum Gasteiger partial charge on any atom is 0.126 e. The number of hydrogen-bond acceptors (Lipinski definition) is 2. The van der Waals surface area contributed by atoms with E-state index < -0.39 is 11.6 Å². The maximum atomic E-state index is 13.3. The van der Waals surface area contributed by atoms with E-state index in [1.165, 1.54) is 12.1 Å². The molecule has 3 unspecified atom stereocenters. The molecule has 1 saturated heterocycles. The van der Waals surface area contributed by atoms with Crippen LogP contribution in [0.5, 0.6) is 0 Å². The molecule has 0 aromatic heterocycles. The lowest BCUT2D eigenvalue weighted by atomic mass is 9.88. The van der Waals surface area contributed by atoms with Crippen LogP contribution in [0.15, 0.2) is 18.2 Å². The van der Waals surface area contributed by atoms with Crippen molar-refractivity contribution in [1.82, 2.24) is 5.32 Å². The summed E-state index contributed by atoms with van der Waals surface area (Å²) < 4.78 is 32.2. The first kappa shape index (κ1) is 13.4. The van der Waals surface area contributed by atoms with Crippen LogP contribution < -0.4 is 5.32 Å². The summed E-state index contributed by atoms with van der Waals surface area (Å²) in [5.74, 6) is -0.801. The van der Waals surface area contributed by atoms with Gasteiger partial charge in [0.05, 0.1) is 6.10 Å². The smallest absolute Gasteiger partial charge is 0.126 e. The van der Waals surface area contributed by atoms with Gasteiger partial charge in [-0.2, -0.15) is 0 Å². The number of hydrogen-bond donors (Lipinski definition) is 1. The molecule has 3 atom stereocenters. The van der Waals surface area contributed by atoms with E-state index in [2.05, 4.69) is 5.32 Å². The molecule has 2 rings (SSSR count). The first-order chi connectivity index (χ1) is 8.61. The fourth-order valence-corrected chi connectivity index (χ4v) is 2.68. The van der Waals surface area contributed by atoms with Crippen molar-refractivity contribution in [3.8, 4) is 0 Å². The van der Waals surface area contributed by atoms with Gasteiger partial charge >= 0.3 is 0 Å². The quantitative estimate of drug-likeness (QED) is 0.893. The van der Waals surface area contributed by atoms with E-state index in [-0.39, 0.29) is 18.1 Å². The first-order valence-corrected chi connectivity index (χ1v) is 6.42. The predicted molar refractivity (Wildman–Crippen MR) is 66.3 cm³/mol. The van der Waals surface area contributed by atoms with Crippen LogP contribution in [0.2, 0.25) is 0 Å². The molecule has 0 amide bonds. The lowest BCUT2D eigenvalue weighted by molar-refractivity contribution is 0.0955. The Hall–Kier alpha value is -1.00. The highest BCUT2D eigenvalue weighted by Gasteiger charge is 2.32. The number of nitrogens with one attached hydrogen (secondary N) is 1. The number of ether oxygens (including phenoxy) is 1. The van der Waals surface area contributed by atoms with E-state index in [4.69, 9.17) is 4.74 Å². The highest BCUT2D eigenvalue weighted by molar-refractivity contribution is 5.22. The van der Waals surface area contributed by atoms with Crippen molar-refractivity contribution in [3.63, 3.8) is 0 Å². The average Bonchev–Trinajstić information content (AvgIpc) is 2.71. The lowest BCUT2D eigenvalue weighted by Crippen LogP contribution is -2.32. The van der Waals surface area contributed by atoms with E-state index in [0.717, 1.165) is 19.0 Å². The van der Waals surface area contributed by atoms with Gasteiger partial charge in [0, 0.05) is 24.6 Å². The summed E-state index contributed by atoms with van der Waals surface area (Å²) in [6.07, 6.45) is 1.03. The zero-order valence-electron chi connectivity index (χ0n) is 10.7. The van der Waals surface area contributed by atoms with Crippen LogP contribution >= 0.6 is 0 Å². The molecule has 0 aliphatic carbocycles. The van der Waals surface area contributed by atoms with Crippen LogP contribution in [-0.2, 0) is 4.74 Å². The predicted octanol–water partition coefficient (Wildman–Crippen LogP) is 3.04. The van der Waals surface area contributed by atoms with Gasteiger partial charge in [0.2, 0.25) is 0 Å². The van der Waals surface area contributed by atoms with Gasteiger partial charge in [-0.15, -0.1) is 0 Å². The van der Waals surface area contributed by atoms with Crippen molar-refractivity contribution in [1.29, 1.82) is 0 Å². The monoisotopic (exact) mass is 255 g/mol. The van der Waals surface area contributed by atoms with Crippen LogP contribution in [0, 0.1) is 17.6 Å². The Morgan fingerprint density at radius 2 is 2.00 bits per heavy atom. The Balaban J connectivity index is 2.28. The van der Waals surface area contributed by atoms with Gasteiger partial charge < -0.3 is 10.1 Å². The third kappa shape index (κ3) is 2.87. The molecule has 100 valence electrons. The molecule has 1 N–H and O–H groups in total. The van der Waals surface area contributed by atoms with Crippen LogP contribution in [0.3, 0.4) is 0 Å². The van der Waals surface area contributed by atoms with Crippen LogP contribution in [0.25, 0.3) is 0 Å². The fraction of sp³-hybridized carbons (Fsp3) is 0.571. The molecule has 1 heterocycles. The Kier molecular flexibility index (Phi) is 4.30. The van der Waals surface area contributed by atoms with Crippen molar-refractivity contribution in [3.05, 3.63) is 35.4 Å². The van der Waals surface area contributed by atoms with Crippen molar-refractivity contribution in [2.24, 2.45) is 5.92 Å². The van der Waals surface area contributed by atoms with Gasteiger partial charge in [-0.3, -0.25) is 0 Å². The molecule has 4 heteroatoms. The molecule has 0 radical (unpaired) electrons. The second kappa shape index (κ2) is 5.76. The number of rotatable bonds is 4. The van der Waals surface area contributed by atoms with Gasteiger partial charge in [0.25, 0.3) is 0 Å². The molecule has 1 fully saturated rings. The molecule has 0 spiro atoms. The molecule has 1 aliphatic rings. The van der Waals surface area contributed by atoms with E-state index >= 15 is 0 Å². The summed E-state index contributed by atoms with van der Waals surface area (Å²) in [6.45, 7) is 5.47. The summed E-state index contributed by atoms with van der Waals surface area (Å²) in [5, 5.41) is 3.31. The zero-order chi connectivity index (χ0) is 13.1. The highest BCUT2D eigenvalue weighted by atomic mass is 19.1. The van der Waals surface area contributed by atoms with Crippen molar-refractivity contribution in [2.75, 3.05) is 13.2 Å². The Morgan fingerprint density at radius 3 is 2.50 bits per heavy atom. The second-order valence-electron chi connectivity index (χ2n) is 4.77. The van der Waals surface area contributed by atoms with Gasteiger partial charge in [-0.05, 0) is 37.6 Å². The standard InChI is InChI=1S/C14H19F2NO/c1-3-17-14(13-4-5-18-9(13)2)10-6-11(15)8-12(16)7-10/h6-9,13-14,17H,3-5H2,1-2H3. The topological polar surface area (TPSA) is 21.3 Å². The zero-order valence-corrected chi connectivity index (χ0v) is 10.7. The van der Waals surface area contributed by atoms with Gasteiger partial charge in [0.15, 0.2) is 0 Å². The molecule has 1 aliphatic heterocycles. The largest absolute Gasteiger partial charge is 0.378 e. The second-order valence-corrected chi connectivity index (χ2v) is 4.77. The Morgan fingerprint density at radius 1 is 1.33 bits per heavy atom. The molecule has 0 saturated carbocycles. The molecular weight excluding hydrogens is 236 g/mol. The third-order valence-corrected chi connectivity index (χ3v) is 3.53. The summed E-state index contributed by atoms with van der Waals surface area (Å²) in [7, 11) is 0. The van der Waals surface area contributed by atoms with E-state index in [1.807, 2.05) is 13.8 Å². The first-order valence-electron chi connectivity index (χ1n) is 6.42. The summed E-state index contributed by atoms with van der Waals surface area (Å²) in [6, 6.07) is 3.65.